The summed E-state index contributed by atoms with van der Waals surface area (Å²) in [5, 5.41) is 21.4. The number of rotatable bonds is 18. The number of aliphatic hydroxyl groups excluding tert-OH is 1. The van der Waals surface area contributed by atoms with Gasteiger partial charge in [-0.25, -0.2) is 0 Å². The fourth-order valence-electron chi connectivity index (χ4n) is 3.37. The second kappa shape index (κ2) is 16.9. The lowest BCUT2D eigenvalue weighted by Crippen LogP contribution is -2.27. The van der Waals surface area contributed by atoms with Crippen molar-refractivity contribution in [2.45, 2.75) is 19.9 Å². The zero-order chi connectivity index (χ0) is 27.7. The zero-order valence-electron chi connectivity index (χ0n) is 22.3. The topological polar surface area (TPSA) is 169 Å². The first-order valence-corrected chi connectivity index (χ1v) is 13.0. The molecular formula is C27H38N8O4. The van der Waals surface area contributed by atoms with Crippen LogP contribution < -0.4 is 27.0 Å². The summed E-state index contributed by atoms with van der Waals surface area (Å²) in [7, 11) is 0. The number of nitrogens with two attached hydrogens (primary N) is 1. The minimum atomic E-state index is -0.218. The van der Waals surface area contributed by atoms with E-state index in [9.17, 15) is 4.79 Å². The number of amides is 1. The predicted octanol–water partition coefficient (Wildman–Crippen LogP) is 2.05. The molecule has 210 valence electrons. The fraction of sp³-hybridized carbons (Fsp3) is 0.407. The smallest absolute Gasteiger partial charge is 0.251 e. The minimum absolute atomic E-state index is 0.0614. The summed E-state index contributed by atoms with van der Waals surface area (Å²) in [4.78, 5) is 26.0. The summed E-state index contributed by atoms with van der Waals surface area (Å²) >= 11 is 0. The predicted molar refractivity (Wildman–Crippen MR) is 151 cm³/mol. The molecule has 0 bridgehead atoms. The maximum absolute atomic E-state index is 12.6. The number of hydrogen-bond donors (Lipinski definition) is 6. The normalized spacial score (nSPS) is 10.7. The van der Waals surface area contributed by atoms with Gasteiger partial charge >= 0.3 is 0 Å². The first-order chi connectivity index (χ1) is 19.1. The molecule has 0 radical (unpaired) electrons. The van der Waals surface area contributed by atoms with E-state index in [2.05, 4.69) is 48.4 Å². The molecule has 12 nitrogen and oxygen atoms in total. The number of anilines is 4. The quantitative estimate of drug-likeness (QED) is 0.131. The number of benzene rings is 2. The molecule has 1 amide bonds. The summed E-state index contributed by atoms with van der Waals surface area (Å²) in [5.74, 6) is 0.853. The zero-order valence-corrected chi connectivity index (χ0v) is 22.3. The number of ether oxygens (including phenoxy) is 2. The Labute approximate surface area is 228 Å². The van der Waals surface area contributed by atoms with E-state index in [1.54, 1.807) is 18.2 Å². The van der Waals surface area contributed by atoms with Crippen molar-refractivity contribution < 1.29 is 19.4 Å². The number of nitrogens with one attached hydrogen (secondary N) is 4. The maximum Gasteiger partial charge on any atom is 0.251 e. The Balaban J connectivity index is 1.59. The van der Waals surface area contributed by atoms with Gasteiger partial charge in [0, 0.05) is 44.0 Å². The average molecular weight is 539 g/mol. The highest BCUT2D eigenvalue weighted by molar-refractivity contribution is 5.95. The summed E-state index contributed by atoms with van der Waals surface area (Å²) < 4.78 is 10.7. The molecule has 3 aromatic rings. The summed E-state index contributed by atoms with van der Waals surface area (Å²) in [5.41, 5.74) is 8.78. The Kier molecular flexibility index (Phi) is 12.9. The molecule has 7 N–H and O–H groups in total. The first-order valence-electron chi connectivity index (χ1n) is 13.0. The molecule has 0 aliphatic rings. The number of carbonyl (C=O) groups excluding carboxylic acids is 1. The lowest BCUT2D eigenvalue weighted by molar-refractivity contribution is 0.0511. The van der Waals surface area contributed by atoms with Crippen molar-refractivity contribution in [2.75, 3.05) is 68.6 Å². The maximum atomic E-state index is 12.6. The van der Waals surface area contributed by atoms with Crippen LogP contribution in [-0.2, 0) is 16.0 Å². The molecule has 39 heavy (non-hydrogen) atoms. The highest BCUT2D eigenvalue weighted by Crippen LogP contribution is 2.18. The largest absolute Gasteiger partial charge is 0.396 e. The lowest BCUT2D eigenvalue weighted by Gasteiger charge is -2.12. The molecule has 0 fully saturated rings. The van der Waals surface area contributed by atoms with E-state index in [-0.39, 0.29) is 12.5 Å². The lowest BCUT2D eigenvalue weighted by atomic mass is 10.1. The van der Waals surface area contributed by atoms with E-state index < -0.39 is 0 Å². The van der Waals surface area contributed by atoms with Crippen LogP contribution in [0, 0.1) is 6.92 Å². The van der Waals surface area contributed by atoms with Crippen LogP contribution in [0.15, 0.2) is 48.5 Å². The Morgan fingerprint density at radius 1 is 0.897 bits per heavy atom. The molecule has 2 aromatic carbocycles. The van der Waals surface area contributed by atoms with Crippen molar-refractivity contribution in [1.29, 1.82) is 0 Å². The second-order valence-corrected chi connectivity index (χ2v) is 8.62. The summed E-state index contributed by atoms with van der Waals surface area (Å²) in [6.07, 6.45) is 0.560. The average Bonchev–Trinajstić information content (AvgIpc) is 2.94. The second-order valence-electron chi connectivity index (χ2n) is 8.62. The minimum Gasteiger partial charge on any atom is -0.396 e. The number of hydrogen-bond acceptors (Lipinski definition) is 11. The number of carbonyl (C=O) groups is 1. The Morgan fingerprint density at radius 2 is 1.62 bits per heavy atom. The van der Waals surface area contributed by atoms with E-state index >= 15 is 0 Å². The number of aryl methyl sites for hydroxylation is 1. The Hall–Kier alpha value is -3.84. The molecule has 0 saturated carbocycles. The van der Waals surface area contributed by atoms with Gasteiger partial charge in [0.1, 0.15) is 0 Å². The van der Waals surface area contributed by atoms with Crippen molar-refractivity contribution >= 4 is 29.4 Å². The van der Waals surface area contributed by atoms with Crippen molar-refractivity contribution in [1.82, 2.24) is 20.3 Å². The van der Waals surface area contributed by atoms with Gasteiger partial charge in [0.2, 0.25) is 17.8 Å². The fourth-order valence-corrected chi connectivity index (χ4v) is 3.37. The van der Waals surface area contributed by atoms with Crippen LogP contribution in [0.4, 0.5) is 23.5 Å². The molecular weight excluding hydrogens is 500 g/mol. The van der Waals surface area contributed by atoms with Crippen molar-refractivity contribution in [3.05, 3.63) is 65.2 Å². The van der Waals surface area contributed by atoms with Crippen molar-refractivity contribution in [3.63, 3.8) is 0 Å². The molecule has 0 saturated heterocycles. The van der Waals surface area contributed by atoms with Crippen LogP contribution in [0.3, 0.4) is 0 Å². The van der Waals surface area contributed by atoms with Gasteiger partial charge in [-0.1, -0.05) is 35.9 Å². The highest BCUT2D eigenvalue weighted by atomic mass is 16.5. The van der Waals surface area contributed by atoms with Crippen LogP contribution in [0.2, 0.25) is 0 Å². The van der Waals surface area contributed by atoms with E-state index in [4.69, 9.17) is 20.3 Å². The van der Waals surface area contributed by atoms with E-state index in [1.165, 1.54) is 5.56 Å². The van der Waals surface area contributed by atoms with Gasteiger partial charge in [-0.05, 0) is 37.1 Å². The van der Waals surface area contributed by atoms with Gasteiger partial charge < -0.3 is 41.6 Å². The van der Waals surface area contributed by atoms with Crippen molar-refractivity contribution in [3.8, 4) is 0 Å². The van der Waals surface area contributed by atoms with E-state index in [0.717, 1.165) is 5.56 Å². The molecule has 0 unspecified atom stereocenters. The van der Waals surface area contributed by atoms with Crippen LogP contribution in [0.1, 0.15) is 27.9 Å². The van der Waals surface area contributed by atoms with Gasteiger partial charge in [-0.2, -0.15) is 15.0 Å². The Bertz CT molecular complexity index is 1150. The van der Waals surface area contributed by atoms with Gasteiger partial charge in [0.05, 0.1) is 26.4 Å². The Morgan fingerprint density at radius 3 is 2.36 bits per heavy atom. The third-order valence-corrected chi connectivity index (χ3v) is 5.37. The van der Waals surface area contributed by atoms with Gasteiger partial charge in [0.25, 0.3) is 5.91 Å². The van der Waals surface area contributed by atoms with Crippen LogP contribution in [0.5, 0.6) is 0 Å². The van der Waals surface area contributed by atoms with Gasteiger partial charge in [-0.3, -0.25) is 4.79 Å². The molecule has 0 aliphatic carbocycles. The summed E-state index contributed by atoms with van der Waals surface area (Å²) in [6.45, 7) is 5.81. The van der Waals surface area contributed by atoms with E-state index in [1.807, 2.05) is 25.1 Å². The number of aliphatic hydroxyl groups is 1. The van der Waals surface area contributed by atoms with Gasteiger partial charge in [-0.15, -0.1) is 0 Å². The van der Waals surface area contributed by atoms with E-state index in [0.29, 0.717) is 88.1 Å². The molecule has 1 aromatic heterocycles. The molecule has 0 atom stereocenters. The monoisotopic (exact) mass is 538 g/mol. The molecule has 3 rings (SSSR count). The van der Waals surface area contributed by atoms with Crippen LogP contribution >= 0.6 is 0 Å². The van der Waals surface area contributed by atoms with Crippen LogP contribution in [-0.4, -0.2) is 78.6 Å². The molecule has 0 spiro atoms. The first kappa shape index (κ1) is 29.7. The molecule has 0 aliphatic heterocycles. The summed E-state index contributed by atoms with van der Waals surface area (Å²) in [6, 6.07) is 15.2. The third-order valence-electron chi connectivity index (χ3n) is 5.37. The number of nitrogens with zero attached hydrogens (tertiary/aromatic N) is 3. The highest BCUT2D eigenvalue weighted by Gasteiger charge is 2.10. The third kappa shape index (κ3) is 11.2. The molecule has 12 heteroatoms. The van der Waals surface area contributed by atoms with Crippen molar-refractivity contribution in [2.24, 2.45) is 5.73 Å². The molecule has 1 heterocycles. The number of aromatic nitrogens is 3. The van der Waals surface area contributed by atoms with Gasteiger partial charge in [0.15, 0.2) is 0 Å². The standard InChI is InChI=1S/C27H38N8O4/c1-20-6-8-21(9-7-20)19-31-26-33-25(30-11-3-13-36)34-27(35-26)32-23-5-2-4-22(18-23)24(37)29-12-15-39-17-16-38-14-10-28/h2,4-9,18,36H,3,10-17,19,28H2,1H3,(H,29,37)(H3,30,31,32,33,34,35). The van der Waals surface area contributed by atoms with Crippen LogP contribution in [0.25, 0.3) is 0 Å². The SMILES string of the molecule is Cc1ccc(CNc2nc(NCCCO)nc(Nc3cccc(C(=O)NCCOCCOCCN)c3)n2)cc1.